The Kier molecular flexibility index (Phi) is 6.15. The first-order valence-electron chi connectivity index (χ1n) is 13.7. The second-order valence-electron chi connectivity index (χ2n) is 11.5. The van der Waals surface area contributed by atoms with E-state index in [0.717, 1.165) is 10.8 Å². The largest absolute Gasteiger partial charge is 0.465 e. The number of ether oxygens (including phenoxy) is 2. The number of aliphatic hydroxyl groups excluding tert-OH is 1. The van der Waals surface area contributed by atoms with Crippen molar-refractivity contribution in [3.63, 3.8) is 0 Å². The predicted octanol–water partition coefficient (Wildman–Crippen LogP) is 3.23. The van der Waals surface area contributed by atoms with Crippen LogP contribution in [0.5, 0.6) is 0 Å². The van der Waals surface area contributed by atoms with E-state index in [1.807, 2.05) is 80.6 Å². The van der Waals surface area contributed by atoms with E-state index in [-0.39, 0.29) is 37.5 Å². The molecule has 2 amide bonds. The minimum Gasteiger partial charge on any atom is -0.465 e. The van der Waals surface area contributed by atoms with Crippen molar-refractivity contribution in [2.45, 2.75) is 50.5 Å². The molecule has 39 heavy (non-hydrogen) atoms. The molecule has 4 aliphatic rings. The van der Waals surface area contributed by atoms with Gasteiger partial charge in [0.1, 0.15) is 17.6 Å². The van der Waals surface area contributed by atoms with Crippen molar-refractivity contribution >= 4 is 34.2 Å². The van der Waals surface area contributed by atoms with Crippen LogP contribution in [0.25, 0.3) is 10.8 Å². The highest BCUT2D eigenvalue weighted by atomic mass is 16.6. The van der Waals surface area contributed by atoms with Gasteiger partial charge in [0.2, 0.25) is 5.91 Å². The summed E-state index contributed by atoms with van der Waals surface area (Å²) in [5.41, 5.74) is -1.82. The number of hydrogen-bond donors (Lipinski definition) is 1. The van der Waals surface area contributed by atoms with E-state index in [2.05, 4.69) is 0 Å². The lowest BCUT2D eigenvalue weighted by molar-refractivity contribution is -0.160. The number of cyclic esters (lactones) is 1. The van der Waals surface area contributed by atoms with Gasteiger partial charge in [0.25, 0.3) is 5.91 Å². The average molecular weight is 531 g/mol. The molecule has 0 radical (unpaired) electrons. The first-order valence-corrected chi connectivity index (χ1v) is 13.7. The molecule has 0 bridgehead atoms. The molecule has 2 saturated heterocycles. The van der Waals surface area contributed by atoms with Crippen molar-refractivity contribution in [1.82, 2.24) is 4.90 Å². The number of esters is 1. The maximum absolute atomic E-state index is 14.6. The van der Waals surface area contributed by atoms with E-state index in [9.17, 15) is 19.5 Å². The Morgan fingerprint density at radius 3 is 2.51 bits per heavy atom. The molecule has 204 valence electrons. The van der Waals surface area contributed by atoms with Crippen molar-refractivity contribution in [1.29, 1.82) is 0 Å². The summed E-state index contributed by atoms with van der Waals surface area (Å²) < 4.78 is 12.3. The van der Waals surface area contributed by atoms with Crippen LogP contribution in [0.15, 0.2) is 66.8 Å². The second-order valence-corrected chi connectivity index (χ2v) is 11.5. The molecule has 0 aromatic heterocycles. The quantitative estimate of drug-likeness (QED) is 0.482. The lowest BCUT2D eigenvalue weighted by Crippen LogP contribution is -2.59. The van der Waals surface area contributed by atoms with Gasteiger partial charge in [-0.3, -0.25) is 14.4 Å². The number of carbonyl (C=O) groups excluding carboxylic acids is 3. The van der Waals surface area contributed by atoms with E-state index >= 15 is 0 Å². The van der Waals surface area contributed by atoms with Crippen LogP contribution < -0.4 is 4.90 Å². The maximum Gasteiger partial charge on any atom is 0.313 e. The molecule has 1 unspecified atom stereocenters. The number of benzene rings is 2. The summed E-state index contributed by atoms with van der Waals surface area (Å²) in [6.45, 7) is 5.79. The minimum atomic E-state index is -1.39. The Morgan fingerprint density at radius 1 is 1.00 bits per heavy atom. The molecule has 8 nitrogen and oxygen atoms in total. The Morgan fingerprint density at radius 2 is 1.77 bits per heavy atom. The predicted molar refractivity (Wildman–Crippen MR) is 146 cm³/mol. The number of nitrogens with zero attached hydrogens (tertiary/aromatic N) is 2. The summed E-state index contributed by atoms with van der Waals surface area (Å²) in [7, 11) is 0. The summed E-state index contributed by atoms with van der Waals surface area (Å²) in [6, 6.07) is 12.1. The van der Waals surface area contributed by atoms with Gasteiger partial charge in [0.05, 0.1) is 30.8 Å². The minimum absolute atomic E-state index is 0.139. The van der Waals surface area contributed by atoms with E-state index in [1.165, 1.54) is 4.90 Å². The molecule has 1 N–H and O–H groups in total. The molecule has 2 aromatic carbocycles. The number of aliphatic hydroxyl groups is 1. The molecule has 1 spiro atoms. The monoisotopic (exact) mass is 530 g/mol. The fraction of sp³-hybridized carbons (Fsp3) is 0.452. The zero-order valence-corrected chi connectivity index (χ0v) is 22.4. The number of likely N-dealkylation sites (tertiary alicyclic amines) is 1. The summed E-state index contributed by atoms with van der Waals surface area (Å²) >= 11 is 0. The van der Waals surface area contributed by atoms with Crippen LogP contribution in [0.1, 0.15) is 27.2 Å². The standard InChI is InChI=1S/C31H34N2O6/c1-19(2)23(18-34)33-26-28(36)32(22-12-11-20-9-4-5-10-21(20)17-22)15-8-14-31(26)24(27(33)35)25-29(37)38-16-7-6-13-30(25,3)39-31/h4-6,8-14,17,19,23-26,34H,7,15-16,18H2,1-3H3/t23-,24-,25+,26?,30-,31-/m0/s1. The number of rotatable bonds is 4. The third-order valence-corrected chi connectivity index (χ3v) is 8.82. The molecule has 0 saturated carbocycles. The van der Waals surface area contributed by atoms with Gasteiger partial charge in [-0.25, -0.2) is 0 Å². The SMILES string of the molecule is CC(C)[C@H](CO)N1C(=O)[C@@H]2[C@@H]3C(=O)OCCC=C[C@]3(C)O[C@@]23C=CCN(c2ccc4ccccc4c2)C(=O)C13. The molecule has 2 aromatic rings. The Hall–Kier alpha value is -3.49. The fourth-order valence-electron chi connectivity index (χ4n) is 6.98. The maximum atomic E-state index is 14.6. The van der Waals surface area contributed by atoms with Crippen LogP contribution in [0.4, 0.5) is 5.69 Å². The first-order chi connectivity index (χ1) is 18.7. The van der Waals surface area contributed by atoms with Gasteiger partial charge in [-0.1, -0.05) is 68.5 Å². The number of amides is 2. The van der Waals surface area contributed by atoms with Crippen molar-refractivity contribution in [2.24, 2.45) is 17.8 Å². The van der Waals surface area contributed by atoms with Crippen molar-refractivity contribution < 1.29 is 29.0 Å². The van der Waals surface area contributed by atoms with E-state index in [4.69, 9.17) is 9.47 Å². The number of fused-ring (bicyclic) bond motifs is 3. The van der Waals surface area contributed by atoms with Crippen LogP contribution in [-0.4, -0.2) is 70.8 Å². The van der Waals surface area contributed by atoms with Gasteiger partial charge in [0.15, 0.2) is 0 Å². The number of hydrogen-bond acceptors (Lipinski definition) is 6. The molecule has 6 rings (SSSR count). The van der Waals surface area contributed by atoms with Gasteiger partial charge in [0, 0.05) is 12.2 Å². The first kappa shape index (κ1) is 25.8. The molecular formula is C31H34N2O6. The molecule has 0 aliphatic carbocycles. The van der Waals surface area contributed by atoms with Gasteiger partial charge < -0.3 is 24.4 Å². The van der Waals surface area contributed by atoms with Crippen LogP contribution >= 0.6 is 0 Å². The highest BCUT2D eigenvalue weighted by molar-refractivity contribution is 6.06. The summed E-state index contributed by atoms with van der Waals surface area (Å²) in [5.74, 6) is -3.21. The smallest absolute Gasteiger partial charge is 0.313 e. The van der Waals surface area contributed by atoms with Gasteiger partial charge in [-0.15, -0.1) is 0 Å². The van der Waals surface area contributed by atoms with E-state index in [0.29, 0.717) is 12.1 Å². The Labute approximate surface area is 227 Å². The Balaban J connectivity index is 1.52. The Bertz CT molecular complexity index is 1400. The molecular weight excluding hydrogens is 496 g/mol. The lowest BCUT2D eigenvalue weighted by atomic mass is 9.74. The molecule has 6 atom stereocenters. The highest BCUT2D eigenvalue weighted by Gasteiger charge is 2.75. The zero-order valence-electron chi connectivity index (χ0n) is 22.4. The third kappa shape index (κ3) is 3.76. The summed E-state index contributed by atoms with van der Waals surface area (Å²) in [5, 5.41) is 12.5. The van der Waals surface area contributed by atoms with Gasteiger partial charge in [-0.05, 0) is 42.2 Å². The van der Waals surface area contributed by atoms with Crippen LogP contribution in [0.2, 0.25) is 0 Å². The lowest BCUT2D eigenvalue weighted by Gasteiger charge is -2.41. The van der Waals surface area contributed by atoms with Gasteiger partial charge >= 0.3 is 5.97 Å². The molecule has 4 heterocycles. The molecule has 4 aliphatic heterocycles. The topological polar surface area (TPSA) is 96.4 Å². The molecule has 2 fully saturated rings. The number of carbonyl (C=O) groups is 3. The van der Waals surface area contributed by atoms with Gasteiger partial charge in [-0.2, -0.15) is 0 Å². The zero-order chi connectivity index (χ0) is 27.5. The van der Waals surface area contributed by atoms with Crippen molar-refractivity contribution in [2.75, 3.05) is 24.7 Å². The average Bonchev–Trinajstić information content (AvgIpc) is 3.22. The highest BCUT2D eigenvalue weighted by Crippen LogP contribution is 2.58. The van der Waals surface area contributed by atoms with Crippen molar-refractivity contribution in [3.8, 4) is 0 Å². The van der Waals surface area contributed by atoms with Crippen LogP contribution in [0.3, 0.4) is 0 Å². The van der Waals surface area contributed by atoms with E-state index < -0.39 is 41.1 Å². The fourth-order valence-corrected chi connectivity index (χ4v) is 6.98. The number of anilines is 1. The van der Waals surface area contributed by atoms with E-state index in [1.54, 1.807) is 11.8 Å². The summed E-state index contributed by atoms with van der Waals surface area (Å²) in [4.78, 5) is 45.5. The molecule has 8 heteroatoms. The van der Waals surface area contributed by atoms with Crippen molar-refractivity contribution in [3.05, 3.63) is 66.8 Å². The van der Waals surface area contributed by atoms with Crippen LogP contribution in [-0.2, 0) is 23.9 Å². The van der Waals surface area contributed by atoms with Crippen LogP contribution in [0, 0.1) is 17.8 Å². The third-order valence-electron chi connectivity index (χ3n) is 8.82. The second kappa shape index (κ2) is 9.31. The normalized spacial score (nSPS) is 32.9. The summed E-state index contributed by atoms with van der Waals surface area (Å²) in [6.07, 6.45) is 7.96.